The number of carbonyl (C=O) groups is 1. The number of thiocarbonyl (C=S) groups is 1. The van der Waals surface area contributed by atoms with Crippen molar-refractivity contribution in [3.05, 3.63) is 34.3 Å². The van der Waals surface area contributed by atoms with E-state index in [4.69, 9.17) is 29.6 Å². The summed E-state index contributed by atoms with van der Waals surface area (Å²) in [6, 6.07) is 5.22. The molecule has 5 heteroatoms. The first-order valence-corrected chi connectivity index (χ1v) is 6.37. The zero-order valence-corrected chi connectivity index (χ0v) is 12.3. The Morgan fingerprint density at radius 1 is 1.50 bits per heavy atom. The van der Waals surface area contributed by atoms with Crippen molar-refractivity contribution in [3.8, 4) is 0 Å². The lowest BCUT2D eigenvalue weighted by Gasteiger charge is -2.23. The van der Waals surface area contributed by atoms with Crippen LogP contribution in [-0.2, 0) is 0 Å². The first-order chi connectivity index (χ1) is 8.24. The topological polar surface area (TPSA) is 55.1 Å². The van der Waals surface area contributed by atoms with Crippen molar-refractivity contribution in [1.29, 1.82) is 0 Å². The van der Waals surface area contributed by atoms with Gasteiger partial charge >= 0.3 is 0 Å². The highest BCUT2D eigenvalue weighted by Gasteiger charge is 2.22. The van der Waals surface area contributed by atoms with E-state index in [2.05, 4.69) is 5.32 Å². The average molecular weight is 285 g/mol. The molecule has 1 amide bonds. The Balaban J connectivity index is 2.78. The monoisotopic (exact) mass is 284 g/mol. The fourth-order valence-corrected chi connectivity index (χ4v) is 1.57. The largest absolute Gasteiger partial charge is 0.393 e. The molecule has 0 saturated carbocycles. The van der Waals surface area contributed by atoms with E-state index >= 15 is 0 Å². The zero-order valence-electron chi connectivity index (χ0n) is 10.7. The predicted octanol–water partition coefficient (Wildman–Crippen LogP) is 2.69. The normalized spacial score (nSPS) is 11.1. The fourth-order valence-electron chi connectivity index (χ4n) is 1.32. The molecule has 0 unspecified atom stereocenters. The van der Waals surface area contributed by atoms with Gasteiger partial charge in [-0.15, -0.1) is 0 Å². The minimum Gasteiger partial charge on any atom is -0.393 e. The smallest absolute Gasteiger partial charge is 0.251 e. The molecule has 1 aromatic carbocycles. The number of nitrogens with one attached hydrogen (secondary N) is 1. The zero-order chi connectivity index (χ0) is 13.9. The summed E-state index contributed by atoms with van der Waals surface area (Å²) in [6.07, 6.45) is 0. The molecule has 0 aromatic heterocycles. The van der Waals surface area contributed by atoms with E-state index in [1.807, 2.05) is 26.8 Å². The minimum absolute atomic E-state index is 0.167. The van der Waals surface area contributed by atoms with Gasteiger partial charge in [-0.05, 0) is 24.6 Å². The number of rotatable bonds is 4. The van der Waals surface area contributed by atoms with Crippen LogP contribution in [0.1, 0.15) is 29.8 Å². The molecule has 0 spiro atoms. The van der Waals surface area contributed by atoms with E-state index in [1.165, 1.54) is 0 Å². The molecular formula is C13H17ClN2OS. The minimum atomic E-state index is -0.405. The summed E-state index contributed by atoms with van der Waals surface area (Å²) in [5.74, 6) is -0.167. The van der Waals surface area contributed by atoms with Gasteiger partial charge in [-0.3, -0.25) is 4.79 Å². The number of benzene rings is 1. The van der Waals surface area contributed by atoms with Crippen LogP contribution in [0.4, 0.5) is 0 Å². The third-order valence-electron chi connectivity index (χ3n) is 2.80. The van der Waals surface area contributed by atoms with Crippen molar-refractivity contribution in [2.45, 2.75) is 20.8 Å². The molecule has 1 rings (SSSR count). The summed E-state index contributed by atoms with van der Waals surface area (Å²) in [7, 11) is 0. The molecule has 0 atom stereocenters. The highest BCUT2D eigenvalue weighted by atomic mass is 35.5. The van der Waals surface area contributed by atoms with Crippen molar-refractivity contribution in [3.63, 3.8) is 0 Å². The van der Waals surface area contributed by atoms with Crippen LogP contribution < -0.4 is 11.1 Å². The fraction of sp³-hybridized carbons (Fsp3) is 0.385. The average Bonchev–Trinajstić information content (AvgIpc) is 2.29. The number of hydrogen-bond donors (Lipinski definition) is 2. The molecule has 3 nitrogen and oxygen atoms in total. The summed E-state index contributed by atoms with van der Waals surface area (Å²) in [6.45, 7) is 6.04. The Hall–Kier alpha value is -1.13. The molecule has 18 heavy (non-hydrogen) atoms. The second-order valence-corrected chi connectivity index (χ2v) is 5.77. The first-order valence-electron chi connectivity index (χ1n) is 5.58. The van der Waals surface area contributed by atoms with Gasteiger partial charge in [-0.25, -0.2) is 0 Å². The van der Waals surface area contributed by atoms with E-state index in [0.717, 1.165) is 5.56 Å². The Labute approximate surface area is 118 Å². The maximum Gasteiger partial charge on any atom is 0.251 e. The van der Waals surface area contributed by atoms with E-state index in [-0.39, 0.29) is 5.91 Å². The van der Waals surface area contributed by atoms with Gasteiger partial charge < -0.3 is 11.1 Å². The Bertz CT molecular complexity index is 486. The van der Waals surface area contributed by atoms with Gasteiger partial charge in [0.1, 0.15) is 0 Å². The molecule has 0 aliphatic heterocycles. The van der Waals surface area contributed by atoms with E-state index < -0.39 is 5.41 Å². The van der Waals surface area contributed by atoms with Gasteiger partial charge in [-0.1, -0.05) is 43.7 Å². The van der Waals surface area contributed by atoms with E-state index in [0.29, 0.717) is 22.1 Å². The lowest BCUT2D eigenvalue weighted by molar-refractivity contribution is 0.0944. The molecule has 3 N–H and O–H groups in total. The van der Waals surface area contributed by atoms with Crippen LogP contribution in [0.2, 0.25) is 5.02 Å². The molecule has 98 valence electrons. The lowest BCUT2D eigenvalue weighted by Crippen LogP contribution is -2.41. The molecule has 1 aromatic rings. The lowest BCUT2D eigenvalue weighted by atomic mass is 9.93. The van der Waals surface area contributed by atoms with Crippen LogP contribution in [0.3, 0.4) is 0 Å². The van der Waals surface area contributed by atoms with Crippen molar-refractivity contribution >= 4 is 34.7 Å². The molecule has 0 fully saturated rings. The van der Waals surface area contributed by atoms with Crippen molar-refractivity contribution in [2.75, 3.05) is 6.54 Å². The molecule has 0 heterocycles. The van der Waals surface area contributed by atoms with Gasteiger partial charge in [0.2, 0.25) is 0 Å². The summed E-state index contributed by atoms with van der Waals surface area (Å²) < 4.78 is 0. The Kier molecular flexibility index (Phi) is 4.71. The van der Waals surface area contributed by atoms with E-state index in [9.17, 15) is 4.79 Å². The highest BCUT2D eigenvalue weighted by Crippen LogP contribution is 2.17. The predicted molar refractivity (Wildman–Crippen MR) is 79.1 cm³/mol. The second kappa shape index (κ2) is 5.67. The third-order valence-corrected chi connectivity index (χ3v) is 3.59. The summed E-state index contributed by atoms with van der Waals surface area (Å²) in [4.78, 5) is 12.4. The molecule has 0 saturated heterocycles. The number of halogens is 1. The highest BCUT2D eigenvalue weighted by molar-refractivity contribution is 7.80. The number of nitrogens with two attached hydrogens (primary N) is 1. The van der Waals surface area contributed by atoms with Crippen LogP contribution in [0, 0.1) is 12.3 Å². The Morgan fingerprint density at radius 2 is 2.11 bits per heavy atom. The van der Waals surface area contributed by atoms with Gasteiger partial charge in [0.05, 0.1) is 4.99 Å². The van der Waals surface area contributed by atoms with Crippen LogP contribution >= 0.6 is 23.8 Å². The summed E-state index contributed by atoms with van der Waals surface area (Å²) in [5, 5.41) is 3.36. The van der Waals surface area contributed by atoms with Gasteiger partial charge in [-0.2, -0.15) is 0 Å². The molecular weight excluding hydrogens is 268 g/mol. The number of carbonyl (C=O) groups excluding carboxylic acids is 1. The molecule has 0 radical (unpaired) electrons. The van der Waals surface area contributed by atoms with Gasteiger partial charge in [0.15, 0.2) is 0 Å². The van der Waals surface area contributed by atoms with Gasteiger partial charge in [0.25, 0.3) is 5.91 Å². The standard InChI is InChI=1S/C13H17ClN2OS/c1-8-4-5-9(14)6-10(8)11(17)16-7-13(2,3)12(15)18/h4-6H,7H2,1-3H3,(H2,15,18)(H,16,17). The first kappa shape index (κ1) is 14.9. The summed E-state index contributed by atoms with van der Waals surface area (Å²) in [5.41, 5.74) is 6.65. The SMILES string of the molecule is Cc1ccc(Cl)cc1C(=O)NCC(C)(C)C(N)=S. The van der Waals surface area contributed by atoms with Gasteiger partial charge in [0, 0.05) is 22.5 Å². The quantitative estimate of drug-likeness (QED) is 0.836. The van der Waals surface area contributed by atoms with Crippen LogP contribution in [0.25, 0.3) is 0 Å². The number of aryl methyl sites for hydroxylation is 1. The maximum absolute atomic E-state index is 12.0. The van der Waals surface area contributed by atoms with Crippen LogP contribution in [0.15, 0.2) is 18.2 Å². The van der Waals surface area contributed by atoms with Crippen molar-refractivity contribution in [1.82, 2.24) is 5.32 Å². The van der Waals surface area contributed by atoms with Crippen LogP contribution in [0.5, 0.6) is 0 Å². The maximum atomic E-state index is 12.0. The third kappa shape index (κ3) is 3.68. The molecule has 0 aliphatic carbocycles. The molecule has 0 bridgehead atoms. The summed E-state index contributed by atoms with van der Waals surface area (Å²) >= 11 is 10.8. The van der Waals surface area contributed by atoms with Crippen LogP contribution in [-0.4, -0.2) is 17.4 Å². The van der Waals surface area contributed by atoms with Crippen molar-refractivity contribution in [2.24, 2.45) is 11.1 Å². The number of amides is 1. The number of hydrogen-bond acceptors (Lipinski definition) is 2. The van der Waals surface area contributed by atoms with Crippen molar-refractivity contribution < 1.29 is 4.79 Å². The second-order valence-electron chi connectivity index (χ2n) is 4.89. The molecule has 0 aliphatic rings. The Morgan fingerprint density at radius 3 is 2.67 bits per heavy atom. The van der Waals surface area contributed by atoms with E-state index in [1.54, 1.807) is 12.1 Å².